The summed E-state index contributed by atoms with van der Waals surface area (Å²) in [5, 5.41) is 34.1. The predicted molar refractivity (Wildman–Crippen MR) is 166 cm³/mol. The average molecular weight is 670 g/mol. The fraction of sp³-hybridized carbons (Fsp3) is 0.172. The van der Waals surface area contributed by atoms with Crippen LogP contribution in [0.15, 0.2) is 113 Å². The van der Waals surface area contributed by atoms with Crippen LogP contribution < -0.4 is 0 Å². The molecule has 0 aliphatic heterocycles. The van der Waals surface area contributed by atoms with Gasteiger partial charge in [-0.3, -0.25) is 30.3 Å². The number of hydrogen-bond donors (Lipinski definition) is 0. The number of hydrogen-bond acceptors (Lipinski definition) is 10. The van der Waals surface area contributed by atoms with Gasteiger partial charge in [0.25, 0.3) is 17.1 Å². The molecule has 4 aromatic carbocycles. The maximum Gasteiger partial charge on any atom is 0.296 e. The van der Waals surface area contributed by atoms with Crippen molar-refractivity contribution < 1.29 is 31.6 Å². The summed E-state index contributed by atoms with van der Waals surface area (Å²) in [6.07, 6.45) is -0.0636. The highest BCUT2D eigenvalue weighted by atomic mass is 32.2. The van der Waals surface area contributed by atoms with Gasteiger partial charge >= 0.3 is 0 Å². The second kappa shape index (κ2) is 14.3. The van der Waals surface area contributed by atoms with E-state index in [1.807, 2.05) is 0 Å². The fourth-order valence-corrected chi connectivity index (χ4v) is 7.65. The third kappa shape index (κ3) is 7.94. The monoisotopic (exact) mass is 669 g/mol. The molecule has 0 saturated carbocycles. The lowest BCUT2D eigenvalue weighted by Gasteiger charge is -2.26. The van der Waals surface area contributed by atoms with Crippen molar-refractivity contribution in [1.29, 1.82) is 0 Å². The molecule has 0 bridgehead atoms. The van der Waals surface area contributed by atoms with Gasteiger partial charge < -0.3 is 0 Å². The van der Waals surface area contributed by atoms with E-state index in [0.29, 0.717) is 17.2 Å². The quantitative estimate of drug-likeness (QED) is 0.124. The summed E-state index contributed by atoms with van der Waals surface area (Å²) in [6, 6.07) is 23.6. The molecule has 17 heteroatoms. The molecule has 0 N–H and O–H groups in total. The first-order valence-corrected chi connectivity index (χ1v) is 16.4. The lowest BCUT2D eigenvalue weighted by Crippen LogP contribution is -2.36. The van der Waals surface area contributed by atoms with E-state index in [9.17, 15) is 47.2 Å². The summed E-state index contributed by atoms with van der Waals surface area (Å²) >= 11 is 0. The topological polar surface area (TPSA) is 204 Å². The Kier molecular flexibility index (Phi) is 10.5. The van der Waals surface area contributed by atoms with Crippen LogP contribution in [0.4, 0.5) is 17.1 Å². The first-order chi connectivity index (χ1) is 21.8. The van der Waals surface area contributed by atoms with Gasteiger partial charge in [-0.2, -0.15) is 8.61 Å². The number of nitro benzene ring substituents is 3. The number of nitrogens with zero attached hydrogens (tertiary/aromatic N) is 5. The molecular weight excluding hydrogens is 642 g/mol. The highest BCUT2D eigenvalue weighted by Gasteiger charge is 2.34. The SMILES string of the molecule is O=[N+]([O-])c1ccc(S(=O)(=O)N(CCCN(Cc2ccccc2)S(=O)(=O)c2ccc([N+](=O)[O-])cc2[N+](=O)[O-])Cc2ccccc2)cc1. The Balaban J connectivity index is 1.67. The zero-order valence-corrected chi connectivity index (χ0v) is 25.6. The summed E-state index contributed by atoms with van der Waals surface area (Å²) in [5.41, 5.74) is -0.763. The molecule has 0 atom stereocenters. The van der Waals surface area contributed by atoms with Crippen molar-refractivity contribution >= 4 is 37.1 Å². The molecule has 0 fully saturated rings. The summed E-state index contributed by atoms with van der Waals surface area (Å²) in [5.74, 6) is 0. The van der Waals surface area contributed by atoms with Crippen LogP contribution >= 0.6 is 0 Å². The molecule has 0 aromatic heterocycles. The summed E-state index contributed by atoms with van der Waals surface area (Å²) < 4.78 is 57.2. The Bertz CT molecular complexity index is 1940. The van der Waals surface area contributed by atoms with E-state index in [2.05, 4.69) is 0 Å². The minimum absolute atomic E-state index is 0.0636. The van der Waals surface area contributed by atoms with E-state index in [1.54, 1.807) is 60.7 Å². The lowest BCUT2D eigenvalue weighted by molar-refractivity contribution is -0.396. The molecule has 4 aromatic rings. The first kappa shape index (κ1) is 33.8. The summed E-state index contributed by atoms with van der Waals surface area (Å²) in [6.45, 7) is -0.811. The van der Waals surface area contributed by atoms with Gasteiger partial charge in [-0.15, -0.1) is 0 Å². The Morgan fingerprint density at radius 2 is 1.00 bits per heavy atom. The molecule has 0 saturated heterocycles. The van der Waals surface area contributed by atoms with Crippen molar-refractivity contribution in [2.75, 3.05) is 13.1 Å². The van der Waals surface area contributed by atoms with Gasteiger partial charge in [-0.25, -0.2) is 16.8 Å². The van der Waals surface area contributed by atoms with E-state index in [1.165, 1.54) is 0 Å². The Hall–Kier alpha value is -5.10. The molecule has 0 spiro atoms. The molecule has 15 nitrogen and oxygen atoms in total. The van der Waals surface area contributed by atoms with Gasteiger partial charge in [-0.05, 0) is 35.7 Å². The lowest BCUT2D eigenvalue weighted by atomic mass is 10.2. The van der Waals surface area contributed by atoms with Crippen molar-refractivity contribution in [2.45, 2.75) is 29.3 Å². The number of non-ortho nitro benzene ring substituents is 2. The van der Waals surface area contributed by atoms with Crippen LogP contribution in [-0.4, -0.2) is 53.3 Å². The van der Waals surface area contributed by atoms with Crippen LogP contribution in [0.5, 0.6) is 0 Å². The molecule has 240 valence electrons. The van der Waals surface area contributed by atoms with Gasteiger partial charge in [-0.1, -0.05) is 60.7 Å². The molecule has 4 rings (SSSR count). The molecule has 46 heavy (non-hydrogen) atoms. The zero-order chi connectivity index (χ0) is 33.5. The molecule has 0 unspecified atom stereocenters. The van der Waals surface area contributed by atoms with Gasteiger partial charge in [0.15, 0.2) is 4.90 Å². The maximum atomic E-state index is 13.9. The van der Waals surface area contributed by atoms with Crippen LogP contribution in [0.25, 0.3) is 0 Å². The average Bonchev–Trinajstić information content (AvgIpc) is 3.04. The molecule has 0 aliphatic rings. The van der Waals surface area contributed by atoms with Crippen molar-refractivity contribution in [2.24, 2.45) is 0 Å². The van der Waals surface area contributed by atoms with E-state index in [0.717, 1.165) is 45.0 Å². The van der Waals surface area contributed by atoms with Gasteiger partial charge in [0.1, 0.15) is 0 Å². The van der Waals surface area contributed by atoms with Crippen LogP contribution in [0, 0.1) is 30.3 Å². The van der Waals surface area contributed by atoms with Crippen molar-refractivity contribution in [3.05, 3.63) is 145 Å². The van der Waals surface area contributed by atoms with E-state index in [-0.39, 0.29) is 43.2 Å². The molecule has 0 radical (unpaired) electrons. The predicted octanol–water partition coefficient (Wildman–Crippen LogP) is 4.88. The zero-order valence-electron chi connectivity index (χ0n) is 24.0. The number of sulfonamides is 2. The van der Waals surface area contributed by atoms with Crippen LogP contribution in [0.2, 0.25) is 0 Å². The molecule has 0 amide bonds. The molecule has 0 heterocycles. The van der Waals surface area contributed by atoms with Gasteiger partial charge in [0.05, 0.1) is 25.7 Å². The van der Waals surface area contributed by atoms with Gasteiger partial charge in [0, 0.05) is 44.4 Å². The third-order valence-corrected chi connectivity index (χ3v) is 10.6. The number of benzene rings is 4. The molecular formula is C29H27N5O10S2. The van der Waals surface area contributed by atoms with E-state index < -0.39 is 51.1 Å². The second-order valence-electron chi connectivity index (χ2n) is 9.92. The Morgan fingerprint density at radius 3 is 1.46 bits per heavy atom. The number of nitro groups is 3. The highest BCUT2D eigenvalue weighted by molar-refractivity contribution is 7.89. The normalized spacial score (nSPS) is 11.9. The summed E-state index contributed by atoms with van der Waals surface area (Å²) in [4.78, 5) is 30.6. The Labute approximate surface area is 263 Å². The van der Waals surface area contributed by atoms with Crippen LogP contribution in [0.3, 0.4) is 0 Å². The van der Waals surface area contributed by atoms with E-state index in [4.69, 9.17) is 0 Å². The third-order valence-electron chi connectivity index (χ3n) is 6.87. The number of rotatable bonds is 15. The van der Waals surface area contributed by atoms with Gasteiger partial charge in [0.2, 0.25) is 20.0 Å². The molecule has 0 aliphatic carbocycles. The maximum absolute atomic E-state index is 13.9. The summed E-state index contributed by atoms with van der Waals surface area (Å²) in [7, 11) is -8.86. The minimum atomic E-state index is -4.64. The minimum Gasteiger partial charge on any atom is -0.258 e. The van der Waals surface area contributed by atoms with Crippen LogP contribution in [-0.2, 0) is 33.1 Å². The van der Waals surface area contributed by atoms with Crippen molar-refractivity contribution in [1.82, 2.24) is 8.61 Å². The fourth-order valence-electron chi connectivity index (χ4n) is 4.57. The second-order valence-corrected chi connectivity index (χ2v) is 13.8. The van der Waals surface area contributed by atoms with Crippen molar-refractivity contribution in [3.63, 3.8) is 0 Å². The van der Waals surface area contributed by atoms with E-state index >= 15 is 0 Å². The largest absolute Gasteiger partial charge is 0.296 e. The van der Waals surface area contributed by atoms with Crippen molar-refractivity contribution in [3.8, 4) is 0 Å². The first-order valence-electron chi connectivity index (χ1n) is 13.6. The Morgan fingerprint density at radius 1 is 0.543 bits per heavy atom. The smallest absolute Gasteiger partial charge is 0.258 e. The standard InChI is InChI=1S/C29H27N5O10S2/c35-32(36)25-12-15-27(16-13-25)45(41,42)30(21-23-8-3-1-4-9-23)18-7-19-31(22-24-10-5-2-6-11-24)46(43,44)29-17-14-26(33(37)38)20-28(29)34(39)40/h1-6,8-17,20H,7,18-19,21-22H2. The highest BCUT2D eigenvalue weighted by Crippen LogP contribution is 2.31. The van der Waals surface area contributed by atoms with Crippen LogP contribution in [0.1, 0.15) is 17.5 Å².